The van der Waals surface area contributed by atoms with E-state index < -0.39 is 39.8 Å². The number of urea groups is 1. The molecule has 1 heterocycles. The second-order valence-corrected chi connectivity index (χ2v) is 10.5. The third kappa shape index (κ3) is 6.80. The van der Waals surface area contributed by atoms with Gasteiger partial charge in [-0.3, -0.25) is 9.52 Å². The molecule has 3 N–H and O–H groups in total. The molecule has 4 rings (SSSR count). The quantitative estimate of drug-likeness (QED) is 0.305. The van der Waals surface area contributed by atoms with Gasteiger partial charge in [0.25, 0.3) is 0 Å². The van der Waals surface area contributed by atoms with Crippen molar-refractivity contribution in [2.45, 2.75) is 12.5 Å². The molecule has 37 heavy (non-hydrogen) atoms. The Bertz CT molecular complexity index is 1520. The van der Waals surface area contributed by atoms with Crippen LogP contribution in [0.25, 0.3) is 10.1 Å². The number of carbonyl (C=O) groups excluding carboxylic acids is 2. The van der Waals surface area contributed by atoms with Gasteiger partial charge in [0, 0.05) is 29.9 Å². The van der Waals surface area contributed by atoms with Crippen LogP contribution in [-0.2, 0) is 21.4 Å². The van der Waals surface area contributed by atoms with Crippen molar-refractivity contribution in [3.63, 3.8) is 0 Å². The molecule has 1 atom stereocenters. The van der Waals surface area contributed by atoms with E-state index in [9.17, 15) is 26.8 Å². The SMILES string of the molecule is CN(C(=O)[C@H](Cc1cc(F)cc(F)c1)NC(=O)NS(=O)(=O)Nc1ccccc1)c1ccc2sccc2c1. The average Bonchev–Trinajstić information content (AvgIpc) is 3.30. The zero-order chi connectivity index (χ0) is 26.6. The molecule has 0 spiro atoms. The molecule has 192 valence electrons. The van der Waals surface area contributed by atoms with E-state index in [0.29, 0.717) is 11.8 Å². The fourth-order valence-corrected chi connectivity index (χ4v) is 5.26. The van der Waals surface area contributed by atoms with Gasteiger partial charge in [-0.1, -0.05) is 18.2 Å². The number of benzene rings is 3. The van der Waals surface area contributed by atoms with Crippen LogP contribution in [0.3, 0.4) is 0 Å². The van der Waals surface area contributed by atoms with E-state index in [4.69, 9.17) is 0 Å². The second-order valence-electron chi connectivity index (χ2n) is 8.12. The normalized spacial score (nSPS) is 12.1. The molecule has 12 heteroatoms. The summed E-state index contributed by atoms with van der Waals surface area (Å²) in [5, 5.41) is 5.15. The lowest BCUT2D eigenvalue weighted by molar-refractivity contribution is -0.120. The van der Waals surface area contributed by atoms with Gasteiger partial charge in [-0.2, -0.15) is 8.42 Å². The van der Waals surface area contributed by atoms with Crippen molar-refractivity contribution in [1.82, 2.24) is 10.0 Å². The number of anilines is 2. The number of nitrogens with one attached hydrogen (secondary N) is 3. The van der Waals surface area contributed by atoms with Crippen LogP contribution in [0, 0.1) is 11.6 Å². The summed E-state index contributed by atoms with van der Waals surface area (Å²) in [5.74, 6) is -2.32. The zero-order valence-corrected chi connectivity index (χ0v) is 21.1. The number of para-hydroxylation sites is 1. The van der Waals surface area contributed by atoms with Crippen molar-refractivity contribution in [2.75, 3.05) is 16.7 Å². The van der Waals surface area contributed by atoms with E-state index in [0.717, 1.165) is 22.2 Å². The third-order valence-corrected chi connectivity index (χ3v) is 7.23. The Kier molecular flexibility index (Phi) is 7.69. The number of amides is 3. The summed E-state index contributed by atoms with van der Waals surface area (Å²) in [6.45, 7) is 0. The topological polar surface area (TPSA) is 108 Å². The van der Waals surface area contributed by atoms with Crippen molar-refractivity contribution in [3.8, 4) is 0 Å². The molecule has 0 fully saturated rings. The van der Waals surface area contributed by atoms with E-state index in [1.165, 1.54) is 35.4 Å². The Morgan fingerprint density at radius 1 is 0.973 bits per heavy atom. The fourth-order valence-electron chi connectivity index (χ4n) is 3.68. The van der Waals surface area contributed by atoms with Crippen LogP contribution in [0.4, 0.5) is 25.0 Å². The predicted molar refractivity (Wildman–Crippen MR) is 140 cm³/mol. The Morgan fingerprint density at radius 3 is 2.38 bits per heavy atom. The van der Waals surface area contributed by atoms with Gasteiger partial charge in [0.05, 0.1) is 5.69 Å². The summed E-state index contributed by atoms with van der Waals surface area (Å²) in [7, 11) is -2.85. The number of thiophene rings is 1. The first kappa shape index (κ1) is 26.0. The van der Waals surface area contributed by atoms with Crippen molar-refractivity contribution in [1.29, 1.82) is 0 Å². The number of halogens is 2. The summed E-state index contributed by atoms with van der Waals surface area (Å²) in [6.07, 6.45) is -0.294. The highest BCUT2D eigenvalue weighted by Crippen LogP contribution is 2.26. The maximum Gasteiger partial charge on any atom is 0.330 e. The van der Waals surface area contributed by atoms with Gasteiger partial charge in [0.2, 0.25) is 5.91 Å². The third-order valence-electron chi connectivity index (χ3n) is 5.37. The molecule has 8 nitrogen and oxygen atoms in total. The monoisotopic (exact) mass is 544 g/mol. The van der Waals surface area contributed by atoms with Crippen LogP contribution in [0.15, 0.2) is 78.2 Å². The lowest BCUT2D eigenvalue weighted by Gasteiger charge is -2.25. The van der Waals surface area contributed by atoms with Gasteiger partial charge in [-0.25, -0.2) is 18.3 Å². The molecule has 3 aromatic carbocycles. The van der Waals surface area contributed by atoms with Crippen LogP contribution in [0.2, 0.25) is 0 Å². The molecule has 0 unspecified atom stereocenters. The number of rotatable bonds is 8. The maximum atomic E-state index is 13.8. The van der Waals surface area contributed by atoms with Crippen molar-refractivity contribution < 1.29 is 26.8 Å². The molecular weight excluding hydrogens is 522 g/mol. The van der Waals surface area contributed by atoms with Crippen molar-refractivity contribution in [2.24, 2.45) is 0 Å². The molecule has 3 amide bonds. The van der Waals surface area contributed by atoms with Crippen LogP contribution >= 0.6 is 11.3 Å². The number of fused-ring (bicyclic) bond motifs is 1. The molecule has 1 aromatic heterocycles. The van der Waals surface area contributed by atoms with Crippen LogP contribution in [0.5, 0.6) is 0 Å². The second kappa shape index (κ2) is 10.9. The predicted octanol–water partition coefficient (Wildman–Crippen LogP) is 4.41. The maximum absolute atomic E-state index is 13.8. The van der Waals surface area contributed by atoms with Crippen molar-refractivity contribution in [3.05, 3.63) is 95.4 Å². The Hall–Kier alpha value is -4.03. The minimum atomic E-state index is -4.34. The van der Waals surface area contributed by atoms with Crippen molar-refractivity contribution >= 4 is 54.9 Å². The molecule has 0 aliphatic heterocycles. The molecule has 0 aliphatic carbocycles. The summed E-state index contributed by atoms with van der Waals surface area (Å²) in [6, 6.07) is 15.3. The highest BCUT2D eigenvalue weighted by Gasteiger charge is 2.27. The fraction of sp³-hybridized carbons (Fsp3) is 0.120. The van der Waals surface area contributed by atoms with E-state index in [2.05, 4.69) is 10.0 Å². The van der Waals surface area contributed by atoms with Crippen LogP contribution < -0.4 is 19.7 Å². The van der Waals surface area contributed by atoms with Gasteiger partial charge >= 0.3 is 16.2 Å². The highest BCUT2D eigenvalue weighted by atomic mass is 32.2. The first-order chi connectivity index (χ1) is 17.6. The lowest BCUT2D eigenvalue weighted by Crippen LogP contribution is -2.53. The van der Waals surface area contributed by atoms with E-state index in [1.54, 1.807) is 35.1 Å². The van der Waals surface area contributed by atoms with Gasteiger partial charge in [-0.15, -0.1) is 11.3 Å². The molecular formula is C25H22F2N4O4S2. The molecule has 0 aliphatic rings. The summed E-state index contributed by atoms with van der Waals surface area (Å²) >= 11 is 1.54. The summed E-state index contributed by atoms with van der Waals surface area (Å²) < 4.78 is 57.4. The zero-order valence-electron chi connectivity index (χ0n) is 19.4. The smallest absolute Gasteiger partial charge is 0.325 e. The number of likely N-dealkylation sites (N-methyl/N-ethyl adjacent to an activating group) is 1. The van der Waals surface area contributed by atoms with Crippen LogP contribution in [0.1, 0.15) is 5.56 Å². The number of hydrogen-bond acceptors (Lipinski definition) is 5. The Balaban J connectivity index is 1.55. The van der Waals surface area contributed by atoms with Gasteiger partial charge in [0.1, 0.15) is 17.7 Å². The van der Waals surface area contributed by atoms with Gasteiger partial charge < -0.3 is 10.2 Å². The van der Waals surface area contributed by atoms with Gasteiger partial charge in [0.15, 0.2) is 0 Å². The lowest BCUT2D eigenvalue weighted by atomic mass is 10.0. The average molecular weight is 545 g/mol. The van der Waals surface area contributed by atoms with Gasteiger partial charge in [-0.05, 0) is 64.9 Å². The molecule has 0 bridgehead atoms. The van der Waals surface area contributed by atoms with E-state index >= 15 is 0 Å². The standard InChI is InChI=1S/C25H22F2N4O4S2/c1-31(21-7-8-23-17(14-21)9-10-36-23)24(32)22(13-16-11-18(26)15-19(27)12-16)28-25(33)30-37(34,35)29-20-5-3-2-4-6-20/h2-12,14-15,22,29H,13H2,1H3,(H2,28,30,33)/t22-/m0/s1. The minimum absolute atomic E-state index is 0.100. The van der Waals surface area contributed by atoms with Crippen LogP contribution in [-0.4, -0.2) is 33.4 Å². The van der Waals surface area contributed by atoms with E-state index in [-0.39, 0.29) is 17.7 Å². The first-order valence-electron chi connectivity index (χ1n) is 11.0. The Labute approximate surface area is 216 Å². The number of nitrogens with zero attached hydrogens (tertiary/aromatic N) is 1. The molecule has 0 radical (unpaired) electrons. The minimum Gasteiger partial charge on any atom is -0.325 e. The number of carbonyl (C=O) groups is 2. The molecule has 0 saturated heterocycles. The molecule has 4 aromatic rings. The summed E-state index contributed by atoms with van der Waals surface area (Å²) in [5.41, 5.74) is 0.837. The summed E-state index contributed by atoms with van der Waals surface area (Å²) in [4.78, 5) is 27.3. The Morgan fingerprint density at radius 2 is 1.68 bits per heavy atom. The van der Waals surface area contributed by atoms with E-state index in [1.807, 2.05) is 17.5 Å². The largest absolute Gasteiger partial charge is 0.330 e. The highest BCUT2D eigenvalue weighted by molar-refractivity contribution is 7.91. The number of hydrogen-bond donors (Lipinski definition) is 3. The first-order valence-corrected chi connectivity index (χ1v) is 13.3. The molecule has 0 saturated carbocycles.